The molecule has 2 unspecified atom stereocenters. The van der Waals surface area contributed by atoms with Crippen LogP contribution in [-0.4, -0.2) is 35.5 Å². The average Bonchev–Trinajstić information content (AvgIpc) is 3.50. The first kappa shape index (κ1) is 22.5. The van der Waals surface area contributed by atoms with Crippen LogP contribution in [0.3, 0.4) is 0 Å². The fourth-order valence-electron chi connectivity index (χ4n) is 3.85. The van der Waals surface area contributed by atoms with Crippen LogP contribution in [0.2, 0.25) is 0 Å². The molecule has 0 aliphatic rings. The van der Waals surface area contributed by atoms with Crippen LogP contribution in [0.15, 0.2) is 58.4 Å². The zero-order valence-corrected chi connectivity index (χ0v) is 18.6. The van der Waals surface area contributed by atoms with E-state index in [2.05, 4.69) is 26.6 Å². The number of nitrogens with zero attached hydrogens (tertiary/aromatic N) is 6. The first-order valence-corrected chi connectivity index (χ1v) is 10.3. The number of carbonyl (C=O) groups excluding carboxylic acids is 1. The van der Waals surface area contributed by atoms with Gasteiger partial charge in [-0.3, -0.25) is 18.8 Å². The number of nitriles is 1. The van der Waals surface area contributed by atoms with Crippen molar-refractivity contribution >= 4 is 11.6 Å². The van der Waals surface area contributed by atoms with Gasteiger partial charge in [-0.1, -0.05) is 30.3 Å². The van der Waals surface area contributed by atoms with Crippen molar-refractivity contribution < 1.29 is 14.4 Å². The monoisotopic (exact) mass is 459 g/mol. The van der Waals surface area contributed by atoms with Crippen LogP contribution in [0.5, 0.6) is 5.75 Å². The van der Waals surface area contributed by atoms with Gasteiger partial charge in [-0.15, -0.1) is 0 Å². The van der Waals surface area contributed by atoms with Gasteiger partial charge in [0.15, 0.2) is 5.69 Å². The minimum absolute atomic E-state index is 0.226. The Balaban J connectivity index is 1.85. The summed E-state index contributed by atoms with van der Waals surface area (Å²) in [7, 11) is 1.46. The van der Waals surface area contributed by atoms with Gasteiger partial charge in [0.2, 0.25) is 5.75 Å². The molecule has 0 saturated carbocycles. The molecule has 11 nitrogen and oxygen atoms in total. The number of carbonyl (C=O) groups is 1. The molecular formula is C23H21N7O4. The number of aromatic hydroxyl groups is 1. The van der Waals surface area contributed by atoms with Crippen molar-refractivity contribution in [2.75, 3.05) is 5.32 Å². The summed E-state index contributed by atoms with van der Waals surface area (Å²) in [6, 6.07) is 8.76. The predicted octanol–water partition coefficient (Wildman–Crippen LogP) is 2.50. The van der Waals surface area contributed by atoms with Crippen LogP contribution in [0.25, 0.3) is 0 Å². The molecule has 1 amide bonds. The lowest BCUT2D eigenvalue weighted by atomic mass is 9.90. The molecule has 3 heterocycles. The summed E-state index contributed by atoms with van der Waals surface area (Å²) in [6.45, 7) is 3.71. The smallest absolute Gasteiger partial charge is 0.296 e. The minimum Gasteiger partial charge on any atom is -0.501 e. The Morgan fingerprint density at radius 3 is 2.71 bits per heavy atom. The van der Waals surface area contributed by atoms with Crippen molar-refractivity contribution in [3.63, 3.8) is 0 Å². The highest BCUT2D eigenvalue weighted by Crippen LogP contribution is 2.35. The molecule has 0 saturated heterocycles. The molecule has 172 valence electrons. The van der Waals surface area contributed by atoms with Crippen molar-refractivity contribution in [1.29, 1.82) is 5.26 Å². The highest BCUT2D eigenvalue weighted by molar-refractivity contribution is 6.04. The summed E-state index contributed by atoms with van der Waals surface area (Å²) in [4.78, 5) is 30.0. The molecule has 0 radical (unpaired) electrons. The zero-order chi connectivity index (χ0) is 24.4. The molecule has 2 atom stereocenters. The lowest BCUT2D eigenvalue weighted by molar-refractivity contribution is 0.101. The minimum atomic E-state index is -0.796. The molecule has 0 spiro atoms. The Bertz CT molecular complexity index is 1450. The summed E-state index contributed by atoms with van der Waals surface area (Å²) in [5, 5.41) is 30.5. The van der Waals surface area contributed by atoms with Gasteiger partial charge in [0.1, 0.15) is 17.8 Å². The van der Waals surface area contributed by atoms with E-state index in [0.717, 1.165) is 5.56 Å². The van der Waals surface area contributed by atoms with Gasteiger partial charge >= 0.3 is 0 Å². The fraction of sp³-hybridized carbons (Fsp3) is 0.217. The second kappa shape index (κ2) is 9.03. The van der Waals surface area contributed by atoms with Gasteiger partial charge in [-0.25, -0.2) is 4.98 Å². The van der Waals surface area contributed by atoms with E-state index in [0.29, 0.717) is 11.1 Å². The van der Waals surface area contributed by atoms with Crippen molar-refractivity contribution in [3.8, 4) is 11.8 Å². The van der Waals surface area contributed by atoms with Gasteiger partial charge in [-0.2, -0.15) is 10.4 Å². The maximum atomic E-state index is 12.8. The van der Waals surface area contributed by atoms with Crippen LogP contribution >= 0.6 is 0 Å². The van der Waals surface area contributed by atoms with E-state index in [-0.39, 0.29) is 11.5 Å². The Morgan fingerprint density at radius 2 is 2.06 bits per heavy atom. The molecular weight excluding hydrogens is 438 g/mol. The maximum Gasteiger partial charge on any atom is 0.296 e. The Hall–Kier alpha value is -4.72. The van der Waals surface area contributed by atoms with Crippen LogP contribution in [-0.2, 0) is 7.05 Å². The third-order valence-corrected chi connectivity index (χ3v) is 5.50. The maximum absolute atomic E-state index is 12.8. The van der Waals surface area contributed by atoms with Crippen LogP contribution in [0, 0.1) is 18.3 Å². The Morgan fingerprint density at radius 1 is 1.29 bits per heavy atom. The molecule has 3 aromatic heterocycles. The van der Waals surface area contributed by atoms with Crippen molar-refractivity contribution in [2.45, 2.75) is 25.8 Å². The molecule has 0 aliphatic heterocycles. The average molecular weight is 459 g/mol. The van der Waals surface area contributed by atoms with E-state index in [1.54, 1.807) is 23.0 Å². The first-order chi connectivity index (χ1) is 16.3. The van der Waals surface area contributed by atoms with E-state index in [9.17, 15) is 20.0 Å². The number of hydrogen-bond donors (Lipinski definition) is 2. The summed E-state index contributed by atoms with van der Waals surface area (Å²) < 4.78 is 7.58. The summed E-state index contributed by atoms with van der Waals surface area (Å²) >= 11 is 0. The van der Waals surface area contributed by atoms with E-state index in [1.807, 2.05) is 32.2 Å². The van der Waals surface area contributed by atoms with Crippen molar-refractivity contribution in [3.05, 3.63) is 87.7 Å². The van der Waals surface area contributed by atoms with E-state index in [1.165, 1.54) is 24.1 Å². The third kappa shape index (κ3) is 4.04. The first-order valence-electron chi connectivity index (χ1n) is 10.3. The SMILES string of the molecule is Cc1cnn(C(c2ccccc2C#N)C(C)c2nc(C(=O)Nc3cnoc3)c(O)c(=O)n2C)c1. The van der Waals surface area contributed by atoms with Crippen molar-refractivity contribution in [2.24, 2.45) is 7.05 Å². The van der Waals surface area contributed by atoms with Crippen LogP contribution < -0.4 is 10.9 Å². The van der Waals surface area contributed by atoms with E-state index >= 15 is 0 Å². The number of amides is 1. The number of anilines is 1. The summed E-state index contributed by atoms with van der Waals surface area (Å²) in [5.41, 5.74) is 1.06. The van der Waals surface area contributed by atoms with Gasteiger partial charge in [0, 0.05) is 19.2 Å². The molecule has 0 fully saturated rings. The van der Waals surface area contributed by atoms with Crippen LogP contribution in [0.4, 0.5) is 5.69 Å². The van der Waals surface area contributed by atoms with Crippen molar-refractivity contribution in [1.82, 2.24) is 24.5 Å². The molecule has 0 aliphatic carbocycles. The molecule has 0 bridgehead atoms. The lowest BCUT2D eigenvalue weighted by Crippen LogP contribution is -2.31. The third-order valence-electron chi connectivity index (χ3n) is 5.50. The van der Waals surface area contributed by atoms with E-state index in [4.69, 9.17) is 4.52 Å². The van der Waals surface area contributed by atoms with Gasteiger partial charge in [0.25, 0.3) is 11.5 Å². The number of rotatable bonds is 6. The number of nitrogens with one attached hydrogen (secondary N) is 1. The fourth-order valence-corrected chi connectivity index (χ4v) is 3.85. The lowest BCUT2D eigenvalue weighted by Gasteiger charge is -2.27. The van der Waals surface area contributed by atoms with Gasteiger partial charge < -0.3 is 14.9 Å². The molecule has 4 rings (SSSR count). The Kier molecular flexibility index (Phi) is 5.97. The molecule has 1 aromatic carbocycles. The number of aromatic nitrogens is 5. The molecule has 11 heteroatoms. The standard InChI is InChI=1S/C23H21N7O4/c1-13-9-25-30(11-13)19(17-7-5-4-6-15(17)8-24)14(2)21-28-18(20(31)23(33)29(21)3)22(32)27-16-10-26-34-12-16/h4-7,9-12,14,19,31H,1-3H3,(H,27,32). The zero-order valence-electron chi connectivity index (χ0n) is 18.6. The highest BCUT2D eigenvalue weighted by Gasteiger charge is 2.31. The Labute approximate surface area is 193 Å². The molecule has 4 aromatic rings. The van der Waals surface area contributed by atoms with Crippen LogP contribution in [0.1, 0.15) is 51.9 Å². The number of benzene rings is 1. The second-order valence-corrected chi connectivity index (χ2v) is 7.83. The summed E-state index contributed by atoms with van der Waals surface area (Å²) in [6.07, 6.45) is 5.99. The van der Waals surface area contributed by atoms with E-state index < -0.39 is 34.9 Å². The summed E-state index contributed by atoms with van der Waals surface area (Å²) in [5.74, 6) is -1.88. The predicted molar refractivity (Wildman–Crippen MR) is 120 cm³/mol. The van der Waals surface area contributed by atoms with Gasteiger partial charge in [-0.05, 0) is 24.1 Å². The highest BCUT2D eigenvalue weighted by atomic mass is 16.5. The largest absolute Gasteiger partial charge is 0.501 e. The number of hydrogen-bond acceptors (Lipinski definition) is 8. The molecule has 34 heavy (non-hydrogen) atoms. The normalized spacial score (nSPS) is 12.6. The molecule has 2 N–H and O–H groups in total. The number of aryl methyl sites for hydroxylation is 1. The second-order valence-electron chi connectivity index (χ2n) is 7.83. The topological polar surface area (TPSA) is 152 Å². The van der Waals surface area contributed by atoms with Gasteiger partial charge in [0.05, 0.1) is 30.1 Å². The quantitative estimate of drug-likeness (QED) is 0.446.